The van der Waals surface area contributed by atoms with Gasteiger partial charge in [-0.2, -0.15) is 0 Å². The number of aliphatic hydroxyl groups is 5. The first-order valence-corrected chi connectivity index (χ1v) is 20.5. The molecule has 8 atom stereocenters. The summed E-state index contributed by atoms with van der Waals surface area (Å²) in [5, 5.41) is 49.8. The SMILES string of the molecule is CCCCCCCC/C=C/CCCCCC(=O)OC[C@H](COP(=O)(O)OC1C(O)C(O)C(O)[C@@H](O)C1O)OC(=O)CCCCCCCCCC. The van der Waals surface area contributed by atoms with Crippen LogP contribution in [0.25, 0.3) is 0 Å². The third kappa shape index (κ3) is 21.2. The van der Waals surface area contributed by atoms with Crippen LogP contribution in [0, 0.1) is 0 Å². The minimum Gasteiger partial charge on any atom is -0.462 e. The van der Waals surface area contributed by atoms with Gasteiger partial charge in [-0.05, 0) is 38.5 Å². The second-order valence-corrected chi connectivity index (χ2v) is 14.8. The molecule has 6 unspecified atom stereocenters. The Morgan fingerprint density at radius 2 is 1.02 bits per heavy atom. The molecule has 0 aromatic rings. The van der Waals surface area contributed by atoms with Crippen LogP contribution in [0.1, 0.15) is 149 Å². The quantitative estimate of drug-likeness (QED) is 0.0231. The van der Waals surface area contributed by atoms with Crippen molar-refractivity contribution in [2.24, 2.45) is 0 Å². The van der Waals surface area contributed by atoms with E-state index in [1.165, 1.54) is 57.8 Å². The number of unbranched alkanes of at least 4 members (excludes halogenated alkanes) is 16. The Hall–Kier alpha value is -1.41. The van der Waals surface area contributed by atoms with Crippen LogP contribution in [0.15, 0.2) is 12.2 Å². The van der Waals surface area contributed by atoms with Gasteiger partial charge < -0.3 is 39.9 Å². The van der Waals surface area contributed by atoms with E-state index in [-0.39, 0.29) is 12.8 Å². The Bertz CT molecular complexity index is 948. The van der Waals surface area contributed by atoms with Gasteiger partial charge in [0.1, 0.15) is 43.2 Å². The van der Waals surface area contributed by atoms with E-state index in [0.29, 0.717) is 12.8 Å². The van der Waals surface area contributed by atoms with E-state index >= 15 is 0 Å². The Kier molecular flexibility index (Phi) is 26.2. The van der Waals surface area contributed by atoms with Gasteiger partial charge in [0.25, 0.3) is 0 Å². The van der Waals surface area contributed by atoms with Gasteiger partial charge in [-0.25, -0.2) is 4.57 Å². The third-order valence-corrected chi connectivity index (χ3v) is 9.84. The average molecular weight is 739 g/mol. The Morgan fingerprint density at radius 1 is 0.600 bits per heavy atom. The van der Waals surface area contributed by atoms with Crippen molar-refractivity contribution in [3.8, 4) is 0 Å². The molecule has 1 aliphatic carbocycles. The van der Waals surface area contributed by atoms with Crippen LogP contribution in [0.2, 0.25) is 0 Å². The molecule has 0 radical (unpaired) electrons. The number of hydrogen-bond donors (Lipinski definition) is 6. The highest BCUT2D eigenvalue weighted by molar-refractivity contribution is 7.47. The van der Waals surface area contributed by atoms with Crippen molar-refractivity contribution in [1.29, 1.82) is 0 Å². The van der Waals surface area contributed by atoms with Gasteiger partial charge >= 0.3 is 19.8 Å². The number of esters is 2. The van der Waals surface area contributed by atoms with E-state index in [1.54, 1.807) is 0 Å². The molecule has 0 amide bonds. The molecule has 1 aliphatic rings. The van der Waals surface area contributed by atoms with Crippen molar-refractivity contribution >= 4 is 19.8 Å². The maximum Gasteiger partial charge on any atom is 0.472 e. The first kappa shape index (κ1) is 46.6. The molecule has 1 saturated carbocycles. The van der Waals surface area contributed by atoms with Crippen molar-refractivity contribution in [2.45, 2.75) is 191 Å². The molecule has 0 saturated heterocycles. The van der Waals surface area contributed by atoms with Crippen molar-refractivity contribution in [1.82, 2.24) is 0 Å². The molecule has 1 rings (SSSR count). The first-order valence-electron chi connectivity index (χ1n) is 19.0. The smallest absolute Gasteiger partial charge is 0.462 e. The third-order valence-electron chi connectivity index (χ3n) is 8.86. The number of hydrogen-bond acceptors (Lipinski definition) is 12. The van der Waals surface area contributed by atoms with Crippen LogP contribution in [-0.2, 0) is 32.7 Å². The maximum atomic E-state index is 12.7. The van der Waals surface area contributed by atoms with Crippen molar-refractivity contribution in [2.75, 3.05) is 13.2 Å². The van der Waals surface area contributed by atoms with Gasteiger partial charge in [0.15, 0.2) is 6.10 Å². The molecule has 1 fully saturated rings. The summed E-state index contributed by atoms with van der Waals surface area (Å²) < 4.78 is 33.2. The lowest BCUT2D eigenvalue weighted by Gasteiger charge is -2.41. The molecule has 0 aromatic heterocycles. The van der Waals surface area contributed by atoms with Crippen LogP contribution in [-0.4, -0.2) is 98.3 Å². The summed E-state index contributed by atoms with van der Waals surface area (Å²) in [5.74, 6) is -1.12. The van der Waals surface area contributed by atoms with Gasteiger partial charge in [-0.3, -0.25) is 18.6 Å². The van der Waals surface area contributed by atoms with Gasteiger partial charge in [0, 0.05) is 12.8 Å². The summed E-state index contributed by atoms with van der Waals surface area (Å²) in [6.07, 6.45) is 11.7. The van der Waals surface area contributed by atoms with E-state index in [9.17, 15) is 44.6 Å². The number of rotatable bonds is 30. The summed E-state index contributed by atoms with van der Waals surface area (Å²) in [6.45, 7) is 3.19. The summed E-state index contributed by atoms with van der Waals surface area (Å²) >= 11 is 0. The van der Waals surface area contributed by atoms with Crippen molar-refractivity contribution in [3.63, 3.8) is 0 Å². The zero-order valence-electron chi connectivity index (χ0n) is 30.4. The highest BCUT2D eigenvalue weighted by Gasteiger charge is 2.51. The topological polar surface area (TPSA) is 210 Å². The zero-order chi connectivity index (χ0) is 37.2. The molecule has 0 heterocycles. The van der Waals surface area contributed by atoms with Crippen LogP contribution >= 0.6 is 7.82 Å². The molecule has 50 heavy (non-hydrogen) atoms. The first-order chi connectivity index (χ1) is 23.9. The van der Waals surface area contributed by atoms with Crippen LogP contribution < -0.4 is 0 Å². The Balaban J connectivity index is 2.55. The van der Waals surface area contributed by atoms with E-state index in [2.05, 4.69) is 26.0 Å². The van der Waals surface area contributed by atoms with Crippen molar-refractivity contribution in [3.05, 3.63) is 12.2 Å². The predicted octanol–water partition coefficient (Wildman–Crippen LogP) is 5.55. The number of allylic oxidation sites excluding steroid dienone is 2. The molecule has 6 N–H and O–H groups in total. The normalized spacial score (nSPS) is 24.2. The molecule has 0 bridgehead atoms. The molecule has 294 valence electrons. The van der Waals surface area contributed by atoms with Crippen LogP contribution in [0.3, 0.4) is 0 Å². The zero-order valence-corrected chi connectivity index (χ0v) is 31.3. The minimum atomic E-state index is -5.10. The number of ether oxygens (including phenoxy) is 2. The second-order valence-electron chi connectivity index (χ2n) is 13.4. The lowest BCUT2D eigenvalue weighted by atomic mass is 9.85. The highest BCUT2D eigenvalue weighted by Crippen LogP contribution is 2.47. The van der Waals surface area contributed by atoms with Crippen molar-refractivity contribution < 1.29 is 63.1 Å². The van der Waals surface area contributed by atoms with Crippen LogP contribution in [0.5, 0.6) is 0 Å². The fraction of sp³-hybridized carbons (Fsp3) is 0.889. The number of aliphatic hydroxyl groups excluding tert-OH is 5. The molecule has 0 aliphatic heterocycles. The number of phosphoric ester groups is 1. The molecule has 0 spiro atoms. The highest BCUT2D eigenvalue weighted by atomic mass is 31.2. The lowest BCUT2D eigenvalue weighted by Crippen LogP contribution is -2.64. The maximum absolute atomic E-state index is 12.7. The standard InChI is InChI=1S/C36H67O13P/c1-3-5-7-9-11-13-14-15-16-17-19-20-22-24-29(37)46-26-28(48-30(38)25-23-21-18-12-10-8-6-4-2)27-47-50(44,45)49-36-34(42)32(40)31(39)33(41)35(36)43/h15-16,28,31-36,39-43H,3-14,17-27H2,1-2H3,(H,44,45)/b16-15+/t28-,31?,32-,33?,34?,35?,36?/m1/s1. The minimum absolute atomic E-state index is 0.0959. The Labute approximate surface area is 299 Å². The average Bonchev–Trinajstić information content (AvgIpc) is 3.09. The van der Waals surface area contributed by atoms with E-state index in [0.717, 1.165) is 51.4 Å². The summed E-state index contributed by atoms with van der Waals surface area (Å²) in [5.41, 5.74) is 0. The summed E-state index contributed by atoms with van der Waals surface area (Å²) in [7, 11) is -5.10. The van der Waals surface area contributed by atoms with E-state index in [1.807, 2.05) is 0 Å². The largest absolute Gasteiger partial charge is 0.472 e. The molecular formula is C36H67O13P. The second kappa shape index (κ2) is 28.1. The molecule has 0 aromatic carbocycles. The summed E-state index contributed by atoms with van der Waals surface area (Å²) in [4.78, 5) is 35.3. The van der Waals surface area contributed by atoms with E-state index in [4.69, 9.17) is 18.5 Å². The predicted molar refractivity (Wildman–Crippen MR) is 189 cm³/mol. The van der Waals surface area contributed by atoms with Gasteiger partial charge in [0.05, 0.1) is 6.61 Å². The molecular weight excluding hydrogens is 671 g/mol. The number of carbonyl (C=O) groups is 2. The number of carbonyl (C=O) groups excluding carboxylic acids is 2. The van der Waals surface area contributed by atoms with Crippen LogP contribution in [0.4, 0.5) is 0 Å². The fourth-order valence-electron chi connectivity index (χ4n) is 5.69. The summed E-state index contributed by atoms with van der Waals surface area (Å²) in [6, 6.07) is 0. The molecule has 14 heteroatoms. The van der Waals surface area contributed by atoms with Gasteiger partial charge in [0.2, 0.25) is 0 Å². The van der Waals surface area contributed by atoms with E-state index < -0.39 is 75.7 Å². The van der Waals surface area contributed by atoms with Gasteiger partial charge in [-0.1, -0.05) is 109 Å². The number of phosphoric acid groups is 1. The lowest BCUT2D eigenvalue weighted by molar-refractivity contribution is -0.220. The fourth-order valence-corrected chi connectivity index (χ4v) is 6.66. The Morgan fingerprint density at radius 3 is 1.54 bits per heavy atom. The van der Waals surface area contributed by atoms with Gasteiger partial charge in [-0.15, -0.1) is 0 Å². The molecule has 13 nitrogen and oxygen atoms in total. The monoisotopic (exact) mass is 738 g/mol.